The van der Waals surface area contributed by atoms with E-state index in [1.807, 2.05) is 6.92 Å². The van der Waals surface area contributed by atoms with Crippen LogP contribution in [0.25, 0.3) is 0 Å². The maximum absolute atomic E-state index is 12.2. The van der Waals surface area contributed by atoms with Crippen molar-refractivity contribution in [1.82, 2.24) is 15.4 Å². The predicted molar refractivity (Wildman–Crippen MR) is 72.5 cm³/mol. The van der Waals surface area contributed by atoms with Crippen molar-refractivity contribution in [2.75, 3.05) is 0 Å². The van der Waals surface area contributed by atoms with Crippen LogP contribution in [0.2, 0.25) is 0 Å². The Morgan fingerprint density at radius 2 is 2.42 bits per heavy atom. The van der Waals surface area contributed by atoms with Crippen LogP contribution in [0.4, 0.5) is 0 Å². The van der Waals surface area contributed by atoms with Gasteiger partial charge < -0.3 is 5.32 Å². The summed E-state index contributed by atoms with van der Waals surface area (Å²) in [5, 5.41) is 6.28. The van der Waals surface area contributed by atoms with Gasteiger partial charge in [-0.1, -0.05) is 6.92 Å². The van der Waals surface area contributed by atoms with E-state index < -0.39 is 0 Å². The van der Waals surface area contributed by atoms with E-state index in [4.69, 9.17) is 11.6 Å². The van der Waals surface area contributed by atoms with Gasteiger partial charge in [-0.3, -0.25) is 4.79 Å². The molecule has 0 aromatic carbocycles. The summed E-state index contributed by atoms with van der Waals surface area (Å²) in [5.41, 5.74) is 0. The third-order valence-corrected chi connectivity index (χ3v) is 4.28. The number of halogens is 1. The van der Waals surface area contributed by atoms with Gasteiger partial charge in [0.1, 0.15) is 6.54 Å². The van der Waals surface area contributed by atoms with E-state index >= 15 is 0 Å². The molecule has 0 aliphatic heterocycles. The van der Waals surface area contributed by atoms with Crippen LogP contribution in [0.3, 0.4) is 0 Å². The van der Waals surface area contributed by atoms with Crippen LogP contribution < -0.4 is 10.00 Å². The Morgan fingerprint density at radius 1 is 1.63 bits per heavy atom. The molecule has 5 nitrogen and oxygen atoms in total. The number of carbonyl (C=O) groups excluding carboxylic acids is 1. The molecule has 1 aliphatic rings. The van der Waals surface area contributed by atoms with Crippen molar-refractivity contribution < 1.29 is 9.48 Å². The smallest absolute Gasteiger partial charge is 0.306 e. The molecule has 3 unspecified atom stereocenters. The van der Waals surface area contributed by atoms with Crippen LogP contribution in [0.1, 0.15) is 33.1 Å². The molecule has 1 amide bonds. The number of rotatable bonds is 4. The van der Waals surface area contributed by atoms with E-state index in [9.17, 15) is 4.79 Å². The number of hydrogen-bond acceptors (Lipinski definition) is 2. The molecule has 1 fully saturated rings. The zero-order valence-corrected chi connectivity index (χ0v) is 12.2. The van der Waals surface area contributed by atoms with Crippen LogP contribution in [-0.2, 0) is 11.3 Å². The molecule has 0 saturated heterocycles. The number of nitrogens with one attached hydrogen (secondary N) is 2. The van der Waals surface area contributed by atoms with Crippen molar-refractivity contribution >= 4 is 17.5 Å². The fourth-order valence-electron chi connectivity index (χ4n) is 2.53. The lowest BCUT2D eigenvalue weighted by Crippen LogP contribution is -2.48. The zero-order valence-electron chi connectivity index (χ0n) is 11.5. The molecule has 1 aromatic rings. The third-order valence-electron chi connectivity index (χ3n) is 3.88. The number of aromatic nitrogens is 3. The highest BCUT2D eigenvalue weighted by atomic mass is 35.5. The standard InChI is InChI=1S/C13H21ClN4O/c1-9-3-4-11(14)5-12(9)17-13(19)10(2)6-18-8-15-7-16-18/h7-12H,3-6H2,1-2H3,(H,17,19)/p+1/t9?,10-,11?,12?/m1/s1. The number of carbonyl (C=O) groups is 1. The molecule has 0 radical (unpaired) electrons. The minimum absolute atomic E-state index is 0.0877. The summed E-state index contributed by atoms with van der Waals surface area (Å²) in [5.74, 6) is 0.504. The van der Waals surface area contributed by atoms with Crippen LogP contribution in [0.5, 0.6) is 0 Å². The summed E-state index contributed by atoms with van der Waals surface area (Å²) in [6, 6.07) is 0.206. The lowest BCUT2D eigenvalue weighted by molar-refractivity contribution is -0.754. The Hall–Kier alpha value is -1.10. The topological polar surface area (TPSA) is 61.7 Å². The molecule has 1 aliphatic carbocycles. The average Bonchev–Trinajstić information content (AvgIpc) is 2.86. The van der Waals surface area contributed by atoms with E-state index in [-0.39, 0.29) is 23.2 Å². The molecule has 0 bridgehead atoms. The van der Waals surface area contributed by atoms with Gasteiger partial charge in [-0.15, -0.1) is 11.6 Å². The Balaban J connectivity index is 1.85. The summed E-state index contributed by atoms with van der Waals surface area (Å²) >= 11 is 6.19. The number of H-pyrrole nitrogens is 1. The zero-order chi connectivity index (χ0) is 13.8. The first-order valence-electron chi connectivity index (χ1n) is 6.88. The highest BCUT2D eigenvalue weighted by Gasteiger charge is 2.29. The van der Waals surface area contributed by atoms with Gasteiger partial charge >= 0.3 is 6.33 Å². The Morgan fingerprint density at radius 3 is 3.11 bits per heavy atom. The summed E-state index contributed by atoms with van der Waals surface area (Å²) < 4.78 is 1.80. The second-order valence-electron chi connectivity index (χ2n) is 5.58. The lowest BCUT2D eigenvalue weighted by atomic mass is 9.85. The summed E-state index contributed by atoms with van der Waals surface area (Å²) in [6.07, 6.45) is 6.30. The number of amides is 1. The molecule has 106 valence electrons. The second-order valence-corrected chi connectivity index (χ2v) is 6.20. The first kappa shape index (κ1) is 14.3. The first-order valence-corrected chi connectivity index (χ1v) is 7.32. The van der Waals surface area contributed by atoms with E-state index in [2.05, 4.69) is 22.3 Å². The van der Waals surface area contributed by atoms with E-state index in [1.54, 1.807) is 17.3 Å². The summed E-state index contributed by atoms with van der Waals surface area (Å²) in [6.45, 7) is 4.72. The van der Waals surface area contributed by atoms with Gasteiger partial charge in [0.25, 0.3) is 0 Å². The predicted octanol–water partition coefficient (Wildman–Crippen LogP) is 1.25. The van der Waals surface area contributed by atoms with E-state index in [1.165, 1.54) is 0 Å². The van der Waals surface area contributed by atoms with Crippen LogP contribution in [0, 0.1) is 11.8 Å². The normalized spacial score (nSPS) is 28.9. The Kier molecular flexibility index (Phi) is 4.80. The molecule has 2 rings (SSSR count). The van der Waals surface area contributed by atoms with Crippen molar-refractivity contribution in [1.29, 1.82) is 0 Å². The summed E-state index contributed by atoms with van der Waals surface area (Å²) in [7, 11) is 0. The molecule has 4 atom stereocenters. The number of aromatic amines is 1. The Bertz CT molecular complexity index is 409. The molecule has 0 spiro atoms. The van der Waals surface area contributed by atoms with Gasteiger partial charge in [0, 0.05) is 11.4 Å². The number of hydrogen-bond donors (Lipinski definition) is 2. The largest absolute Gasteiger partial charge is 0.353 e. The van der Waals surface area contributed by atoms with Gasteiger partial charge in [-0.05, 0) is 37.1 Å². The second kappa shape index (κ2) is 6.37. The van der Waals surface area contributed by atoms with E-state index in [0.29, 0.717) is 12.5 Å². The van der Waals surface area contributed by atoms with Crippen LogP contribution in [-0.4, -0.2) is 27.4 Å². The number of nitrogens with zero attached hydrogens (tertiary/aromatic N) is 2. The molecule has 1 heterocycles. The molecular weight excluding hydrogens is 264 g/mol. The quantitative estimate of drug-likeness (QED) is 0.646. The van der Waals surface area contributed by atoms with Gasteiger partial charge in [0.15, 0.2) is 0 Å². The van der Waals surface area contributed by atoms with Crippen molar-refractivity contribution in [2.45, 2.75) is 51.1 Å². The maximum Gasteiger partial charge on any atom is 0.306 e. The molecule has 19 heavy (non-hydrogen) atoms. The third kappa shape index (κ3) is 3.93. The lowest BCUT2D eigenvalue weighted by Gasteiger charge is -2.32. The van der Waals surface area contributed by atoms with Crippen molar-refractivity contribution in [3.8, 4) is 0 Å². The maximum atomic E-state index is 12.2. The van der Waals surface area contributed by atoms with Crippen LogP contribution in [0.15, 0.2) is 12.7 Å². The highest BCUT2D eigenvalue weighted by molar-refractivity contribution is 6.20. The molecule has 6 heteroatoms. The van der Waals surface area contributed by atoms with Gasteiger partial charge in [0.05, 0.1) is 5.92 Å². The molecular formula is C13H22ClN4O+. The SMILES string of the molecule is CC1CCC(Cl)CC1NC(=O)[C@H](C)C[n+]1cnc[nH]1. The minimum Gasteiger partial charge on any atom is -0.353 e. The summed E-state index contributed by atoms with van der Waals surface area (Å²) in [4.78, 5) is 16.1. The average molecular weight is 286 g/mol. The fraction of sp³-hybridized carbons (Fsp3) is 0.769. The Labute approximate surface area is 118 Å². The number of alkyl halides is 1. The van der Waals surface area contributed by atoms with Crippen LogP contribution >= 0.6 is 11.6 Å². The van der Waals surface area contributed by atoms with Gasteiger partial charge in [-0.2, -0.15) is 9.78 Å². The first-order chi connectivity index (χ1) is 9.06. The van der Waals surface area contributed by atoms with Crippen molar-refractivity contribution in [3.05, 3.63) is 12.7 Å². The minimum atomic E-state index is -0.0895. The monoisotopic (exact) mass is 285 g/mol. The van der Waals surface area contributed by atoms with Gasteiger partial charge in [-0.25, -0.2) is 0 Å². The molecule has 1 saturated carbocycles. The van der Waals surface area contributed by atoms with Crippen molar-refractivity contribution in [3.63, 3.8) is 0 Å². The highest BCUT2D eigenvalue weighted by Crippen LogP contribution is 2.27. The molecule has 1 aromatic heterocycles. The van der Waals surface area contributed by atoms with Gasteiger partial charge in [0.2, 0.25) is 12.2 Å². The molecule has 2 N–H and O–H groups in total. The van der Waals surface area contributed by atoms with Crippen molar-refractivity contribution in [2.24, 2.45) is 11.8 Å². The fourth-order valence-corrected chi connectivity index (χ4v) is 2.85. The van der Waals surface area contributed by atoms with E-state index in [0.717, 1.165) is 19.3 Å².